The molecule has 0 saturated carbocycles. The molecule has 1 amide bonds. The van der Waals surface area contributed by atoms with Crippen LogP contribution in [0.4, 0.5) is 8.78 Å². The number of fused-ring (bicyclic) bond motifs is 2. The molecule has 2 aliphatic heterocycles. The number of halogens is 3. The fraction of sp³-hybridized carbons (Fsp3) is 0.538. The van der Waals surface area contributed by atoms with Crippen molar-refractivity contribution in [2.45, 2.75) is 31.3 Å². The Kier molecular flexibility index (Phi) is 4.55. The Morgan fingerprint density at radius 2 is 2.05 bits per heavy atom. The molecule has 0 radical (unpaired) electrons. The number of carbonyl (C=O) groups excluding carboxylic acids is 1. The molecular formula is C13H16ClF2N3O. The SMILES string of the molecule is Cl.O=C(c1ncc(F)cc1F)N1CC[C@H]2CC[C@@H](C1)N2. The van der Waals surface area contributed by atoms with Crippen LogP contribution in [0.15, 0.2) is 12.3 Å². The fourth-order valence-electron chi connectivity index (χ4n) is 2.85. The molecule has 2 saturated heterocycles. The molecule has 2 bridgehead atoms. The monoisotopic (exact) mass is 303 g/mol. The van der Waals surface area contributed by atoms with E-state index in [1.54, 1.807) is 4.90 Å². The van der Waals surface area contributed by atoms with Crippen LogP contribution in [0.25, 0.3) is 0 Å². The van der Waals surface area contributed by atoms with E-state index >= 15 is 0 Å². The first-order chi connectivity index (χ1) is 9.13. The third-order valence-electron chi connectivity index (χ3n) is 3.82. The molecule has 2 fully saturated rings. The van der Waals surface area contributed by atoms with Crippen molar-refractivity contribution in [2.75, 3.05) is 13.1 Å². The van der Waals surface area contributed by atoms with Gasteiger partial charge in [0.25, 0.3) is 5.91 Å². The number of nitrogens with one attached hydrogen (secondary N) is 1. The maximum absolute atomic E-state index is 13.6. The van der Waals surface area contributed by atoms with Gasteiger partial charge in [0.15, 0.2) is 11.5 Å². The number of carbonyl (C=O) groups is 1. The molecule has 0 spiro atoms. The summed E-state index contributed by atoms with van der Waals surface area (Å²) in [5.74, 6) is -2.12. The molecule has 1 aromatic heterocycles. The zero-order valence-corrected chi connectivity index (χ0v) is 11.6. The van der Waals surface area contributed by atoms with Gasteiger partial charge >= 0.3 is 0 Å². The van der Waals surface area contributed by atoms with Crippen molar-refractivity contribution in [2.24, 2.45) is 0 Å². The maximum atomic E-state index is 13.6. The van der Waals surface area contributed by atoms with Crippen LogP contribution in [-0.2, 0) is 0 Å². The van der Waals surface area contributed by atoms with Crippen LogP contribution in [0.5, 0.6) is 0 Å². The van der Waals surface area contributed by atoms with Crippen LogP contribution >= 0.6 is 12.4 Å². The highest BCUT2D eigenvalue weighted by molar-refractivity contribution is 5.92. The number of hydrogen-bond donors (Lipinski definition) is 1. The predicted octanol–water partition coefficient (Wildman–Crippen LogP) is 1.75. The van der Waals surface area contributed by atoms with Gasteiger partial charge in [-0.25, -0.2) is 13.8 Å². The Bertz CT molecular complexity index is 514. The van der Waals surface area contributed by atoms with Crippen molar-refractivity contribution in [1.82, 2.24) is 15.2 Å². The van der Waals surface area contributed by atoms with Crippen molar-refractivity contribution in [3.05, 3.63) is 29.6 Å². The number of rotatable bonds is 1. The summed E-state index contributed by atoms with van der Waals surface area (Å²) in [6.45, 7) is 1.15. The summed E-state index contributed by atoms with van der Waals surface area (Å²) in [5.41, 5.74) is -0.292. The lowest BCUT2D eigenvalue weighted by Crippen LogP contribution is -2.39. The Balaban J connectivity index is 0.00000147. The summed E-state index contributed by atoms with van der Waals surface area (Å²) in [6, 6.07) is 1.43. The maximum Gasteiger partial charge on any atom is 0.275 e. The highest BCUT2D eigenvalue weighted by Crippen LogP contribution is 2.21. The first-order valence-electron chi connectivity index (χ1n) is 6.50. The zero-order chi connectivity index (χ0) is 13.4. The van der Waals surface area contributed by atoms with E-state index in [9.17, 15) is 13.6 Å². The van der Waals surface area contributed by atoms with Crippen LogP contribution in [0.1, 0.15) is 29.8 Å². The molecule has 110 valence electrons. The molecule has 4 nitrogen and oxygen atoms in total. The Labute approximate surface area is 122 Å². The molecule has 0 aromatic carbocycles. The molecule has 2 atom stereocenters. The number of likely N-dealkylation sites (tertiary alicyclic amines) is 1. The largest absolute Gasteiger partial charge is 0.336 e. The van der Waals surface area contributed by atoms with E-state index in [0.717, 1.165) is 25.5 Å². The molecule has 0 unspecified atom stereocenters. The lowest BCUT2D eigenvalue weighted by atomic mass is 10.1. The average molecular weight is 304 g/mol. The first-order valence-corrected chi connectivity index (χ1v) is 6.50. The molecule has 1 aromatic rings. The third-order valence-corrected chi connectivity index (χ3v) is 3.82. The summed E-state index contributed by atoms with van der Waals surface area (Å²) < 4.78 is 26.4. The standard InChI is InChI=1S/C13H15F2N3O.ClH/c14-8-5-11(15)12(16-6-8)13(19)18-4-3-9-1-2-10(7-18)17-9;/h5-6,9-10,17H,1-4,7H2;1H/t9-,10+;/m1./s1. The van der Waals surface area contributed by atoms with Crippen molar-refractivity contribution < 1.29 is 13.6 Å². The summed E-state index contributed by atoms with van der Waals surface area (Å²) >= 11 is 0. The van der Waals surface area contributed by atoms with Crippen molar-refractivity contribution >= 4 is 18.3 Å². The van der Waals surface area contributed by atoms with E-state index in [4.69, 9.17) is 0 Å². The Morgan fingerprint density at radius 3 is 2.80 bits per heavy atom. The number of hydrogen-bond acceptors (Lipinski definition) is 3. The minimum absolute atomic E-state index is 0. The molecule has 3 rings (SSSR count). The topological polar surface area (TPSA) is 45.2 Å². The van der Waals surface area contributed by atoms with Crippen LogP contribution in [0.2, 0.25) is 0 Å². The van der Waals surface area contributed by atoms with Crippen molar-refractivity contribution in [3.8, 4) is 0 Å². The molecule has 3 heterocycles. The number of nitrogens with zero attached hydrogens (tertiary/aromatic N) is 2. The minimum atomic E-state index is -0.896. The second kappa shape index (κ2) is 6.01. The smallest absolute Gasteiger partial charge is 0.275 e. The molecule has 1 N–H and O–H groups in total. The van der Waals surface area contributed by atoms with E-state index in [-0.39, 0.29) is 24.1 Å². The number of pyridine rings is 1. The highest BCUT2D eigenvalue weighted by Gasteiger charge is 2.32. The number of amides is 1. The van der Waals surface area contributed by atoms with Gasteiger partial charge in [0.05, 0.1) is 6.20 Å². The summed E-state index contributed by atoms with van der Waals surface area (Å²) in [5, 5.41) is 3.44. The quantitative estimate of drug-likeness (QED) is 0.860. The lowest BCUT2D eigenvalue weighted by molar-refractivity contribution is 0.0737. The van der Waals surface area contributed by atoms with Crippen LogP contribution < -0.4 is 5.32 Å². The zero-order valence-electron chi connectivity index (χ0n) is 10.8. The molecule has 7 heteroatoms. The van der Waals surface area contributed by atoms with E-state index in [2.05, 4.69) is 10.3 Å². The Hall–Kier alpha value is -1.27. The van der Waals surface area contributed by atoms with E-state index < -0.39 is 17.5 Å². The number of aromatic nitrogens is 1. The van der Waals surface area contributed by atoms with Gasteiger partial charge in [-0.3, -0.25) is 4.79 Å². The van der Waals surface area contributed by atoms with Crippen molar-refractivity contribution in [1.29, 1.82) is 0 Å². The molecule has 20 heavy (non-hydrogen) atoms. The second-order valence-corrected chi connectivity index (χ2v) is 5.16. The summed E-state index contributed by atoms with van der Waals surface area (Å²) in [7, 11) is 0. The van der Waals surface area contributed by atoms with Gasteiger partial charge in [-0.1, -0.05) is 0 Å². The predicted molar refractivity (Wildman–Crippen MR) is 71.9 cm³/mol. The normalized spacial score (nSPS) is 25.0. The van der Waals surface area contributed by atoms with Gasteiger partial charge in [-0.15, -0.1) is 12.4 Å². The van der Waals surface area contributed by atoms with Gasteiger partial charge < -0.3 is 10.2 Å². The Morgan fingerprint density at radius 1 is 1.30 bits per heavy atom. The van der Waals surface area contributed by atoms with E-state index in [1.165, 1.54) is 0 Å². The lowest BCUT2D eigenvalue weighted by Gasteiger charge is -2.24. The summed E-state index contributed by atoms with van der Waals surface area (Å²) in [4.78, 5) is 17.4. The third kappa shape index (κ3) is 2.91. The first kappa shape index (κ1) is 15.1. The van der Waals surface area contributed by atoms with Crippen LogP contribution in [0.3, 0.4) is 0 Å². The van der Waals surface area contributed by atoms with Gasteiger partial charge in [0, 0.05) is 31.2 Å². The van der Waals surface area contributed by atoms with Crippen LogP contribution in [-0.4, -0.2) is 41.0 Å². The van der Waals surface area contributed by atoms with Gasteiger partial charge in [0.2, 0.25) is 0 Å². The van der Waals surface area contributed by atoms with E-state index in [0.29, 0.717) is 25.2 Å². The molecule has 2 aliphatic rings. The summed E-state index contributed by atoms with van der Waals surface area (Å²) in [6.07, 6.45) is 3.91. The second-order valence-electron chi connectivity index (χ2n) is 5.16. The molecule has 0 aliphatic carbocycles. The van der Waals surface area contributed by atoms with Gasteiger partial charge in [0.1, 0.15) is 5.82 Å². The van der Waals surface area contributed by atoms with E-state index in [1.807, 2.05) is 0 Å². The van der Waals surface area contributed by atoms with Crippen LogP contribution in [0, 0.1) is 11.6 Å². The minimum Gasteiger partial charge on any atom is -0.336 e. The van der Waals surface area contributed by atoms with Crippen molar-refractivity contribution in [3.63, 3.8) is 0 Å². The van der Waals surface area contributed by atoms with Gasteiger partial charge in [-0.05, 0) is 19.3 Å². The highest BCUT2D eigenvalue weighted by atomic mass is 35.5. The average Bonchev–Trinajstić information content (AvgIpc) is 2.68. The van der Waals surface area contributed by atoms with Gasteiger partial charge in [-0.2, -0.15) is 0 Å². The fourth-order valence-corrected chi connectivity index (χ4v) is 2.85. The molecular weight excluding hydrogens is 288 g/mol.